The van der Waals surface area contributed by atoms with Crippen LogP contribution in [0, 0.1) is 23.2 Å². The fourth-order valence-corrected chi connectivity index (χ4v) is 4.96. The van der Waals surface area contributed by atoms with Gasteiger partial charge < -0.3 is 20.9 Å². The van der Waals surface area contributed by atoms with Crippen molar-refractivity contribution in [3.63, 3.8) is 0 Å². The minimum absolute atomic E-state index is 0.0997. The van der Waals surface area contributed by atoms with Crippen LogP contribution in [0.25, 0.3) is 10.9 Å². The highest BCUT2D eigenvalue weighted by Crippen LogP contribution is 2.34. The molecule has 8 nitrogen and oxygen atoms in total. The summed E-state index contributed by atoms with van der Waals surface area (Å²) in [5, 5.41) is 19.9. The smallest absolute Gasteiger partial charge is 0.268 e. The second kappa shape index (κ2) is 9.54. The van der Waals surface area contributed by atoms with Gasteiger partial charge in [-0.3, -0.25) is 14.4 Å². The molecule has 1 aliphatic heterocycles. The fraction of sp³-hybridized carbons (Fsp3) is 0.538. The predicted octanol–water partition coefficient (Wildman–Crippen LogP) is 3.81. The summed E-state index contributed by atoms with van der Waals surface area (Å²) in [7, 11) is 0. The van der Waals surface area contributed by atoms with Gasteiger partial charge in [0.05, 0.1) is 16.6 Å². The van der Waals surface area contributed by atoms with Gasteiger partial charge in [-0.25, -0.2) is 0 Å². The van der Waals surface area contributed by atoms with Crippen molar-refractivity contribution in [2.45, 2.75) is 76.4 Å². The Morgan fingerprint density at radius 1 is 1.31 bits per heavy atom. The number of rotatable bonds is 8. The minimum atomic E-state index is -1.23. The van der Waals surface area contributed by atoms with Crippen LogP contribution in [0.3, 0.4) is 0 Å². The Hall–Kier alpha value is -3.05. The van der Waals surface area contributed by atoms with Gasteiger partial charge in [-0.15, -0.1) is 0 Å². The van der Waals surface area contributed by atoms with Crippen LogP contribution in [0.5, 0.6) is 0 Å². The molecule has 4 rings (SSSR count). The lowest BCUT2D eigenvalue weighted by Crippen LogP contribution is -2.57. The first kappa shape index (κ1) is 25.1. The number of nitrogens with zero attached hydrogens (tertiary/aromatic N) is 1. The normalized spacial score (nSPS) is 21.9. The third-order valence-corrected chi connectivity index (χ3v) is 7.30. The molecule has 2 aliphatic rings. The van der Waals surface area contributed by atoms with Crippen LogP contribution in [-0.2, 0) is 9.59 Å². The number of carbonyl (C=O) groups is 3. The zero-order chi connectivity index (χ0) is 25.4. The first-order valence-electron chi connectivity index (χ1n) is 12.1. The highest BCUT2D eigenvalue weighted by Gasteiger charge is 2.40. The lowest BCUT2D eigenvalue weighted by atomic mass is 9.80. The van der Waals surface area contributed by atoms with Gasteiger partial charge in [0.15, 0.2) is 0 Å². The third kappa shape index (κ3) is 5.96. The molecule has 2 aromatic rings. The summed E-state index contributed by atoms with van der Waals surface area (Å²) in [6.07, 6.45) is 4.18. The molecule has 1 saturated heterocycles. The lowest BCUT2D eigenvalue weighted by molar-refractivity contribution is -0.131. The van der Waals surface area contributed by atoms with E-state index in [1.165, 1.54) is 0 Å². The van der Waals surface area contributed by atoms with Gasteiger partial charge in [0.2, 0.25) is 11.8 Å². The number of nitrogens with one attached hydrogen (secondary N) is 4. The van der Waals surface area contributed by atoms with E-state index in [0.29, 0.717) is 35.0 Å². The van der Waals surface area contributed by atoms with Crippen molar-refractivity contribution in [3.05, 3.63) is 35.0 Å². The van der Waals surface area contributed by atoms with E-state index in [1.54, 1.807) is 25.1 Å². The number of hydrogen-bond acceptors (Lipinski definition) is 4. The van der Waals surface area contributed by atoms with Gasteiger partial charge in [-0.05, 0) is 64.5 Å². The third-order valence-electron chi connectivity index (χ3n) is 6.99. The van der Waals surface area contributed by atoms with Gasteiger partial charge in [0, 0.05) is 16.8 Å². The zero-order valence-corrected chi connectivity index (χ0v) is 21.1. The van der Waals surface area contributed by atoms with Crippen LogP contribution in [0.15, 0.2) is 24.3 Å². The lowest BCUT2D eigenvalue weighted by Gasteiger charge is -2.37. The molecular weight excluding hydrogens is 466 g/mol. The van der Waals surface area contributed by atoms with Crippen molar-refractivity contribution in [2.24, 2.45) is 11.8 Å². The maximum absolute atomic E-state index is 13.3. The number of nitriles is 1. The average molecular weight is 498 g/mol. The number of aromatic nitrogens is 1. The molecule has 35 heavy (non-hydrogen) atoms. The van der Waals surface area contributed by atoms with E-state index < -0.39 is 23.4 Å². The summed E-state index contributed by atoms with van der Waals surface area (Å²) in [5.41, 5.74) is -0.534. The maximum atomic E-state index is 13.3. The maximum Gasteiger partial charge on any atom is 0.268 e. The number of aromatic amines is 1. The Labute approximate surface area is 210 Å². The van der Waals surface area contributed by atoms with Crippen LogP contribution >= 0.6 is 11.6 Å². The molecule has 3 amide bonds. The van der Waals surface area contributed by atoms with Gasteiger partial charge in [-0.2, -0.15) is 5.26 Å². The molecule has 4 N–H and O–H groups in total. The van der Waals surface area contributed by atoms with Crippen LogP contribution in [0.2, 0.25) is 5.02 Å². The molecule has 2 heterocycles. The second-order valence-corrected chi connectivity index (χ2v) is 11.2. The van der Waals surface area contributed by atoms with E-state index in [0.717, 1.165) is 24.6 Å². The SMILES string of the molecule is CC1(C)CC[C@@H](CC(C)(C#N)NC(=O)[C@H](CC2CC2)NC(=O)c2cc3cccc(Cl)c3[nH]2)C(=O)N1. The van der Waals surface area contributed by atoms with Crippen molar-refractivity contribution in [3.8, 4) is 6.07 Å². The topological polar surface area (TPSA) is 127 Å². The zero-order valence-electron chi connectivity index (χ0n) is 20.3. The number of para-hydroxylation sites is 1. The Morgan fingerprint density at radius 3 is 2.69 bits per heavy atom. The van der Waals surface area contributed by atoms with E-state index in [-0.39, 0.29) is 23.8 Å². The molecule has 9 heteroatoms. The molecular formula is C26H32ClN5O3. The van der Waals surface area contributed by atoms with Crippen molar-refractivity contribution in [2.75, 3.05) is 0 Å². The highest BCUT2D eigenvalue weighted by molar-refractivity contribution is 6.35. The van der Waals surface area contributed by atoms with Gasteiger partial charge in [0.1, 0.15) is 17.3 Å². The number of carbonyl (C=O) groups excluding carboxylic acids is 3. The van der Waals surface area contributed by atoms with Crippen molar-refractivity contribution in [1.29, 1.82) is 5.26 Å². The quantitative estimate of drug-likeness (QED) is 0.442. The van der Waals surface area contributed by atoms with Gasteiger partial charge >= 0.3 is 0 Å². The Kier molecular flexibility index (Phi) is 6.83. The Morgan fingerprint density at radius 2 is 2.06 bits per heavy atom. The van der Waals surface area contributed by atoms with E-state index >= 15 is 0 Å². The Balaban J connectivity index is 1.45. The first-order valence-corrected chi connectivity index (χ1v) is 12.5. The molecule has 186 valence electrons. The first-order chi connectivity index (χ1) is 16.5. The van der Waals surface area contributed by atoms with Crippen LogP contribution in [0.1, 0.15) is 69.8 Å². The molecule has 2 fully saturated rings. The number of H-pyrrole nitrogens is 1. The molecule has 1 aliphatic carbocycles. The molecule has 1 aromatic carbocycles. The van der Waals surface area contributed by atoms with Crippen molar-refractivity contribution >= 4 is 40.2 Å². The number of hydrogen-bond donors (Lipinski definition) is 4. The minimum Gasteiger partial charge on any atom is -0.351 e. The molecule has 3 atom stereocenters. The number of amides is 3. The summed E-state index contributed by atoms with van der Waals surface area (Å²) in [5.74, 6) is -0.925. The molecule has 1 unspecified atom stereocenters. The summed E-state index contributed by atoms with van der Waals surface area (Å²) in [6.45, 7) is 5.57. The number of piperidine rings is 1. The Bertz CT molecular complexity index is 1200. The second-order valence-electron chi connectivity index (χ2n) is 10.8. The van der Waals surface area contributed by atoms with Crippen molar-refractivity contribution in [1.82, 2.24) is 20.9 Å². The largest absolute Gasteiger partial charge is 0.351 e. The summed E-state index contributed by atoms with van der Waals surface area (Å²) in [6, 6.07) is 8.49. The summed E-state index contributed by atoms with van der Waals surface area (Å²) >= 11 is 6.22. The molecule has 1 aromatic heterocycles. The molecule has 0 bridgehead atoms. The van der Waals surface area contributed by atoms with Crippen LogP contribution in [-0.4, -0.2) is 39.8 Å². The molecule has 0 spiro atoms. The average Bonchev–Trinajstić information content (AvgIpc) is 3.49. The van der Waals surface area contributed by atoms with Gasteiger partial charge in [-0.1, -0.05) is 36.6 Å². The van der Waals surface area contributed by atoms with E-state index in [4.69, 9.17) is 11.6 Å². The monoisotopic (exact) mass is 497 g/mol. The molecule has 1 saturated carbocycles. The summed E-state index contributed by atoms with van der Waals surface area (Å²) < 4.78 is 0. The number of benzene rings is 1. The van der Waals surface area contributed by atoms with Crippen molar-refractivity contribution < 1.29 is 14.4 Å². The van der Waals surface area contributed by atoms with Crippen LogP contribution in [0.4, 0.5) is 0 Å². The highest BCUT2D eigenvalue weighted by atomic mass is 35.5. The standard InChI is InChI=1S/C26H32ClN5O3/c1-25(2)10-9-17(22(33)31-25)13-26(3,14-28)32-24(35)19(11-15-7-8-15)30-23(34)20-12-16-5-4-6-18(27)21(16)29-20/h4-6,12,15,17,19,29H,7-11,13H2,1-3H3,(H,30,34)(H,31,33)(H,32,35)/t17-,19-,26?/m0/s1. The van der Waals surface area contributed by atoms with E-state index in [1.807, 2.05) is 19.9 Å². The van der Waals surface area contributed by atoms with E-state index in [2.05, 4.69) is 27.0 Å². The van der Waals surface area contributed by atoms with E-state index in [9.17, 15) is 19.6 Å². The summed E-state index contributed by atoms with van der Waals surface area (Å²) in [4.78, 5) is 41.9. The number of fused-ring (bicyclic) bond motifs is 1. The predicted molar refractivity (Wildman–Crippen MR) is 134 cm³/mol. The van der Waals surface area contributed by atoms with Crippen LogP contribution < -0.4 is 16.0 Å². The molecule has 0 radical (unpaired) electrons. The van der Waals surface area contributed by atoms with Gasteiger partial charge in [0.25, 0.3) is 5.91 Å². The fourth-order valence-electron chi connectivity index (χ4n) is 4.73. The number of halogens is 1.